The van der Waals surface area contributed by atoms with Crippen molar-refractivity contribution in [3.63, 3.8) is 0 Å². The van der Waals surface area contributed by atoms with Gasteiger partial charge in [0.15, 0.2) is 0 Å². The highest BCUT2D eigenvalue weighted by molar-refractivity contribution is 6.21. The van der Waals surface area contributed by atoms with E-state index in [9.17, 15) is 9.59 Å². The topological polar surface area (TPSA) is 46.2 Å². The molecule has 2 aromatic carbocycles. The van der Waals surface area contributed by atoms with E-state index in [1.165, 1.54) is 5.56 Å². The van der Waals surface area contributed by atoms with E-state index in [0.717, 1.165) is 0 Å². The molecule has 1 aliphatic heterocycles. The molecule has 2 aromatic rings. The first kappa shape index (κ1) is 12.0. The van der Waals surface area contributed by atoms with Gasteiger partial charge in [-0.25, -0.2) is 0 Å². The lowest BCUT2D eigenvalue weighted by Gasteiger charge is -1.88. The highest BCUT2D eigenvalue weighted by atomic mass is 16.2. The van der Waals surface area contributed by atoms with E-state index in [1.54, 1.807) is 24.3 Å². The number of carbonyl (C=O) groups is 2. The minimum absolute atomic E-state index is 0.300. The number of fused-ring (bicyclic) bond motifs is 1. The van der Waals surface area contributed by atoms with Crippen molar-refractivity contribution in [1.29, 1.82) is 0 Å². The van der Waals surface area contributed by atoms with Crippen LogP contribution in [0.1, 0.15) is 26.3 Å². The van der Waals surface area contributed by atoms with Crippen molar-refractivity contribution >= 4 is 11.8 Å². The number of nitrogens with one attached hydrogen (secondary N) is 1. The van der Waals surface area contributed by atoms with Gasteiger partial charge in [0.1, 0.15) is 0 Å². The zero-order chi connectivity index (χ0) is 13.0. The molecule has 1 aliphatic rings. The van der Waals surface area contributed by atoms with E-state index < -0.39 is 0 Å². The second kappa shape index (κ2) is 5.27. The number of amides is 2. The number of aryl methyl sites for hydroxylation is 1. The number of carbonyl (C=O) groups excluding carboxylic acids is 2. The van der Waals surface area contributed by atoms with Crippen LogP contribution in [0.15, 0.2) is 54.6 Å². The van der Waals surface area contributed by atoms with Crippen molar-refractivity contribution in [3.05, 3.63) is 71.3 Å². The van der Waals surface area contributed by atoms with Crippen molar-refractivity contribution in [1.82, 2.24) is 5.32 Å². The predicted molar refractivity (Wildman–Crippen MR) is 69.4 cm³/mol. The summed E-state index contributed by atoms with van der Waals surface area (Å²) in [6.07, 6.45) is 0. The average Bonchev–Trinajstić information content (AvgIpc) is 2.68. The highest BCUT2D eigenvalue weighted by Gasteiger charge is 2.25. The SMILES string of the molecule is Cc1ccccc1.O=C1NC(=O)c2ccccc21. The normalized spacial score (nSPS) is 12.3. The zero-order valence-corrected chi connectivity index (χ0v) is 10.0. The summed E-state index contributed by atoms with van der Waals surface area (Å²) >= 11 is 0. The van der Waals surface area contributed by atoms with E-state index in [0.29, 0.717) is 11.1 Å². The minimum Gasteiger partial charge on any atom is -0.288 e. The van der Waals surface area contributed by atoms with Gasteiger partial charge in [-0.1, -0.05) is 48.0 Å². The molecular weight excluding hydrogens is 226 g/mol. The van der Waals surface area contributed by atoms with Crippen LogP contribution in [0.4, 0.5) is 0 Å². The highest BCUT2D eigenvalue weighted by Crippen LogP contribution is 2.13. The summed E-state index contributed by atoms with van der Waals surface area (Å²) in [5, 5.41) is 2.20. The second-order valence-electron chi connectivity index (χ2n) is 3.98. The smallest absolute Gasteiger partial charge is 0.258 e. The number of hydrogen-bond donors (Lipinski definition) is 1. The molecule has 0 aliphatic carbocycles. The van der Waals surface area contributed by atoms with Crippen LogP contribution in [-0.4, -0.2) is 11.8 Å². The Bertz CT molecular complexity index is 543. The Labute approximate surface area is 105 Å². The summed E-state index contributed by atoms with van der Waals surface area (Å²) in [6.45, 7) is 2.08. The van der Waals surface area contributed by atoms with Crippen LogP contribution in [0, 0.1) is 6.92 Å². The molecule has 0 bridgehead atoms. The number of imide groups is 1. The van der Waals surface area contributed by atoms with E-state index in [-0.39, 0.29) is 11.8 Å². The fourth-order valence-electron chi connectivity index (χ4n) is 1.65. The Morgan fingerprint density at radius 2 is 1.17 bits per heavy atom. The van der Waals surface area contributed by atoms with Gasteiger partial charge in [-0.15, -0.1) is 0 Å². The molecule has 1 N–H and O–H groups in total. The summed E-state index contributed by atoms with van der Waals surface area (Å²) in [7, 11) is 0. The standard InChI is InChI=1S/C8H5NO2.C7H8/c10-7-5-3-1-2-4-6(5)8(11)9-7;1-7-5-3-2-4-6-7/h1-4H,(H,9,10,11);2-6H,1H3. The van der Waals surface area contributed by atoms with Crippen LogP contribution in [0.2, 0.25) is 0 Å². The largest absolute Gasteiger partial charge is 0.288 e. The molecule has 1 heterocycles. The molecule has 0 saturated carbocycles. The van der Waals surface area contributed by atoms with Gasteiger partial charge >= 0.3 is 0 Å². The number of hydrogen-bond acceptors (Lipinski definition) is 2. The maximum absolute atomic E-state index is 10.9. The number of benzene rings is 2. The molecule has 0 atom stereocenters. The van der Waals surface area contributed by atoms with Crippen LogP contribution in [0.5, 0.6) is 0 Å². The van der Waals surface area contributed by atoms with E-state index in [2.05, 4.69) is 24.4 Å². The van der Waals surface area contributed by atoms with Gasteiger partial charge in [-0.3, -0.25) is 14.9 Å². The van der Waals surface area contributed by atoms with Crippen molar-refractivity contribution in [2.45, 2.75) is 6.92 Å². The van der Waals surface area contributed by atoms with Gasteiger partial charge in [-0.2, -0.15) is 0 Å². The summed E-state index contributed by atoms with van der Waals surface area (Å²) in [4.78, 5) is 21.9. The molecule has 90 valence electrons. The molecule has 3 nitrogen and oxygen atoms in total. The summed E-state index contributed by atoms with van der Waals surface area (Å²) in [5.41, 5.74) is 2.26. The summed E-state index contributed by atoms with van der Waals surface area (Å²) < 4.78 is 0. The first-order valence-electron chi connectivity index (χ1n) is 5.65. The van der Waals surface area contributed by atoms with Crippen LogP contribution in [0.25, 0.3) is 0 Å². The summed E-state index contributed by atoms with van der Waals surface area (Å²) in [5.74, 6) is -0.601. The average molecular weight is 239 g/mol. The minimum atomic E-state index is -0.300. The number of rotatable bonds is 0. The second-order valence-corrected chi connectivity index (χ2v) is 3.98. The molecular formula is C15H13NO2. The zero-order valence-electron chi connectivity index (χ0n) is 10.0. The molecule has 0 radical (unpaired) electrons. The fraction of sp³-hybridized carbons (Fsp3) is 0.0667. The van der Waals surface area contributed by atoms with Crippen molar-refractivity contribution in [3.8, 4) is 0 Å². The Kier molecular flexibility index (Phi) is 3.53. The van der Waals surface area contributed by atoms with Gasteiger partial charge in [-0.05, 0) is 19.1 Å². The molecule has 3 rings (SSSR count). The lowest BCUT2D eigenvalue weighted by Crippen LogP contribution is -2.19. The van der Waals surface area contributed by atoms with Crippen LogP contribution < -0.4 is 5.32 Å². The van der Waals surface area contributed by atoms with Crippen LogP contribution in [0.3, 0.4) is 0 Å². The summed E-state index contributed by atoms with van der Waals surface area (Å²) in [6, 6.07) is 17.0. The van der Waals surface area contributed by atoms with Gasteiger partial charge in [0.05, 0.1) is 11.1 Å². The predicted octanol–water partition coefficient (Wildman–Crippen LogP) is 2.57. The Balaban J connectivity index is 0.000000149. The van der Waals surface area contributed by atoms with E-state index in [4.69, 9.17) is 0 Å². The molecule has 18 heavy (non-hydrogen) atoms. The molecule has 0 fully saturated rings. The molecule has 2 amide bonds. The monoisotopic (exact) mass is 239 g/mol. The maximum atomic E-state index is 10.9. The van der Waals surface area contributed by atoms with Crippen molar-refractivity contribution in [2.75, 3.05) is 0 Å². The molecule has 0 spiro atoms. The van der Waals surface area contributed by atoms with Crippen molar-refractivity contribution < 1.29 is 9.59 Å². The maximum Gasteiger partial charge on any atom is 0.258 e. The third kappa shape index (κ3) is 2.63. The molecule has 0 aromatic heterocycles. The third-order valence-corrected chi connectivity index (χ3v) is 2.58. The van der Waals surface area contributed by atoms with Crippen molar-refractivity contribution in [2.24, 2.45) is 0 Å². The first-order chi connectivity index (χ1) is 8.68. The van der Waals surface area contributed by atoms with Gasteiger partial charge < -0.3 is 0 Å². The fourth-order valence-corrected chi connectivity index (χ4v) is 1.65. The Morgan fingerprint density at radius 3 is 1.56 bits per heavy atom. The Hall–Kier alpha value is -2.42. The van der Waals surface area contributed by atoms with E-state index >= 15 is 0 Å². The van der Waals surface area contributed by atoms with Gasteiger partial charge in [0, 0.05) is 0 Å². The molecule has 0 saturated heterocycles. The quantitative estimate of drug-likeness (QED) is 0.718. The third-order valence-electron chi connectivity index (χ3n) is 2.58. The molecule has 0 unspecified atom stereocenters. The Morgan fingerprint density at radius 1 is 0.722 bits per heavy atom. The molecule has 3 heteroatoms. The van der Waals surface area contributed by atoms with Gasteiger partial charge in [0.25, 0.3) is 11.8 Å². The van der Waals surface area contributed by atoms with Crippen LogP contribution in [-0.2, 0) is 0 Å². The lowest BCUT2D eigenvalue weighted by molar-refractivity contribution is 0.0879. The first-order valence-corrected chi connectivity index (χ1v) is 5.65. The van der Waals surface area contributed by atoms with E-state index in [1.807, 2.05) is 18.2 Å². The van der Waals surface area contributed by atoms with Gasteiger partial charge in [0.2, 0.25) is 0 Å². The lowest BCUT2D eigenvalue weighted by atomic mass is 10.1. The van der Waals surface area contributed by atoms with Crippen LogP contribution >= 0.6 is 0 Å².